The number of H-pyrrole nitrogens is 1. The number of nitriles is 1. The molecule has 0 bridgehead atoms. The molecule has 0 radical (unpaired) electrons. The fourth-order valence-corrected chi connectivity index (χ4v) is 4.48. The third kappa shape index (κ3) is 3.09. The van der Waals surface area contributed by atoms with Crippen LogP contribution < -0.4 is 4.90 Å². The van der Waals surface area contributed by atoms with E-state index in [0.29, 0.717) is 18.9 Å². The van der Waals surface area contributed by atoms with E-state index in [9.17, 15) is 9.59 Å². The van der Waals surface area contributed by atoms with E-state index in [2.05, 4.69) is 22.1 Å². The minimum Gasteiger partial charge on any atom is -0.346 e. The molecule has 2 aliphatic carbocycles. The van der Waals surface area contributed by atoms with Crippen molar-refractivity contribution in [1.29, 1.82) is 5.26 Å². The molecule has 148 valence electrons. The lowest BCUT2D eigenvalue weighted by Gasteiger charge is -2.34. The van der Waals surface area contributed by atoms with Crippen LogP contribution in [0.25, 0.3) is 16.6 Å². The number of hydrogen-bond acceptors (Lipinski definition) is 4. The Balaban J connectivity index is 1.53. The van der Waals surface area contributed by atoms with Crippen molar-refractivity contribution in [3.05, 3.63) is 30.0 Å². The number of pyridine rings is 1. The number of amides is 2. The number of hydrogen-bond donors (Lipinski definition) is 1. The predicted octanol–water partition coefficient (Wildman–Crippen LogP) is 3.00. The molecule has 2 fully saturated rings. The highest BCUT2D eigenvalue weighted by molar-refractivity contribution is 5.95. The minimum atomic E-state index is -0.0189. The van der Waals surface area contributed by atoms with E-state index < -0.39 is 0 Å². The maximum Gasteiger partial charge on any atom is 0.223 e. The van der Waals surface area contributed by atoms with Gasteiger partial charge in [-0.05, 0) is 49.0 Å². The van der Waals surface area contributed by atoms with Gasteiger partial charge in [-0.25, -0.2) is 4.98 Å². The third-order valence-corrected chi connectivity index (χ3v) is 6.36. The molecule has 1 N–H and O–H groups in total. The highest BCUT2D eigenvalue weighted by Crippen LogP contribution is 2.58. The van der Waals surface area contributed by atoms with Crippen LogP contribution in [0.1, 0.15) is 44.1 Å². The van der Waals surface area contributed by atoms with E-state index in [-0.39, 0.29) is 30.2 Å². The standard InChI is InChI=1S/C22H23N5O2/c23-9-1-2-20(29)26-11-6-18(22(13-26)7-8-22)17-12-19(27(14-28)15-3-4-15)25-21-16(17)5-10-24-21/h5-6,10,12,14-15H,1-4,7-8,11,13H2,(H,24,25). The van der Waals surface area contributed by atoms with Crippen molar-refractivity contribution in [1.82, 2.24) is 14.9 Å². The summed E-state index contributed by atoms with van der Waals surface area (Å²) in [5.74, 6) is 0.743. The highest BCUT2D eigenvalue weighted by atomic mass is 16.2. The van der Waals surface area contributed by atoms with E-state index in [0.717, 1.165) is 48.7 Å². The lowest BCUT2D eigenvalue weighted by atomic mass is 9.85. The maximum absolute atomic E-state index is 12.4. The molecule has 3 heterocycles. The topological polar surface area (TPSA) is 93.1 Å². The van der Waals surface area contributed by atoms with Crippen LogP contribution in [0, 0.1) is 16.7 Å². The average Bonchev–Trinajstić information content (AvgIpc) is 3.66. The van der Waals surface area contributed by atoms with Crippen LogP contribution >= 0.6 is 0 Å². The molecule has 1 aliphatic heterocycles. The second-order valence-corrected chi connectivity index (χ2v) is 8.34. The molecule has 1 spiro atoms. The van der Waals surface area contributed by atoms with Crippen molar-refractivity contribution < 1.29 is 9.59 Å². The first-order valence-corrected chi connectivity index (χ1v) is 10.2. The van der Waals surface area contributed by atoms with Gasteiger partial charge in [-0.3, -0.25) is 14.5 Å². The molecule has 5 rings (SSSR count). The summed E-state index contributed by atoms with van der Waals surface area (Å²) in [6.07, 6.45) is 9.61. The average molecular weight is 389 g/mol. The quantitative estimate of drug-likeness (QED) is 0.769. The van der Waals surface area contributed by atoms with Crippen LogP contribution in [-0.4, -0.2) is 46.3 Å². The Morgan fingerprint density at radius 1 is 1.45 bits per heavy atom. The van der Waals surface area contributed by atoms with Crippen molar-refractivity contribution in [3.8, 4) is 6.07 Å². The molecule has 0 aromatic carbocycles. The predicted molar refractivity (Wildman–Crippen MR) is 109 cm³/mol. The Bertz CT molecular complexity index is 1050. The first-order chi connectivity index (χ1) is 14.1. The Hall–Kier alpha value is -3.14. The van der Waals surface area contributed by atoms with Gasteiger partial charge in [-0.15, -0.1) is 0 Å². The molecule has 7 heteroatoms. The van der Waals surface area contributed by atoms with Crippen LogP contribution in [0.2, 0.25) is 0 Å². The molecule has 0 unspecified atom stereocenters. The SMILES string of the molecule is N#CCCC(=O)N1CC=C(c2cc(N(C=O)C3CC3)nc3[nH]ccc23)C2(CC2)C1. The van der Waals surface area contributed by atoms with Gasteiger partial charge in [0, 0.05) is 49.0 Å². The Kier molecular flexibility index (Phi) is 4.16. The number of aromatic amines is 1. The summed E-state index contributed by atoms with van der Waals surface area (Å²) in [6, 6.07) is 6.39. The molecule has 7 nitrogen and oxygen atoms in total. The van der Waals surface area contributed by atoms with Crippen LogP contribution in [0.5, 0.6) is 0 Å². The Morgan fingerprint density at radius 3 is 2.97 bits per heavy atom. The molecule has 2 amide bonds. The van der Waals surface area contributed by atoms with E-state index in [1.807, 2.05) is 23.2 Å². The van der Waals surface area contributed by atoms with Crippen LogP contribution in [0.15, 0.2) is 24.4 Å². The summed E-state index contributed by atoms with van der Waals surface area (Å²) in [7, 11) is 0. The number of rotatable bonds is 6. The Morgan fingerprint density at radius 2 is 2.28 bits per heavy atom. The summed E-state index contributed by atoms with van der Waals surface area (Å²) >= 11 is 0. The largest absolute Gasteiger partial charge is 0.346 e. The lowest BCUT2D eigenvalue weighted by Crippen LogP contribution is -2.39. The fraction of sp³-hybridized carbons (Fsp3) is 0.455. The number of anilines is 1. The van der Waals surface area contributed by atoms with Gasteiger partial charge in [0.15, 0.2) is 0 Å². The molecule has 2 saturated carbocycles. The molecule has 29 heavy (non-hydrogen) atoms. The Labute approximate surface area is 169 Å². The van der Waals surface area contributed by atoms with Gasteiger partial charge in [0.1, 0.15) is 11.5 Å². The zero-order valence-electron chi connectivity index (χ0n) is 16.2. The second-order valence-electron chi connectivity index (χ2n) is 8.34. The zero-order chi connectivity index (χ0) is 20.0. The van der Waals surface area contributed by atoms with E-state index in [1.54, 1.807) is 4.90 Å². The summed E-state index contributed by atoms with van der Waals surface area (Å²) in [4.78, 5) is 35.6. The van der Waals surface area contributed by atoms with Crippen molar-refractivity contribution in [3.63, 3.8) is 0 Å². The molecule has 2 aromatic heterocycles. The first kappa shape index (κ1) is 17.9. The normalized spacial score (nSPS) is 19.7. The van der Waals surface area contributed by atoms with E-state index in [1.165, 1.54) is 5.57 Å². The first-order valence-electron chi connectivity index (χ1n) is 10.2. The number of nitrogens with one attached hydrogen (secondary N) is 1. The van der Waals surface area contributed by atoms with Gasteiger partial charge in [0.2, 0.25) is 12.3 Å². The smallest absolute Gasteiger partial charge is 0.223 e. The molecular formula is C22H23N5O2. The number of nitrogens with zero attached hydrogens (tertiary/aromatic N) is 4. The third-order valence-electron chi connectivity index (χ3n) is 6.36. The number of aromatic nitrogens is 2. The van der Waals surface area contributed by atoms with Crippen molar-refractivity contribution in [2.24, 2.45) is 5.41 Å². The maximum atomic E-state index is 12.4. The van der Waals surface area contributed by atoms with Gasteiger partial charge < -0.3 is 9.88 Å². The van der Waals surface area contributed by atoms with Gasteiger partial charge in [-0.2, -0.15) is 5.26 Å². The minimum absolute atomic E-state index is 0.0189. The summed E-state index contributed by atoms with van der Waals surface area (Å²) in [5.41, 5.74) is 3.14. The van der Waals surface area contributed by atoms with E-state index >= 15 is 0 Å². The van der Waals surface area contributed by atoms with Crippen molar-refractivity contribution in [2.45, 2.75) is 44.6 Å². The molecule has 2 aromatic rings. The summed E-state index contributed by atoms with van der Waals surface area (Å²) < 4.78 is 0. The van der Waals surface area contributed by atoms with E-state index in [4.69, 9.17) is 5.26 Å². The van der Waals surface area contributed by atoms with Gasteiger partial charge in [-0.1, -0.05) is 6.08 Å². The number of carbonyl (C=O) groups excluding carboxylic acids is 2. The van der Waals surface area contributed by atoms with Gasteiger partial charge in [0.05, 0.1) is 6.07 Å². The monoisotopic (exact) mass is 389 g/mol. The zero-order valence-corrected chi connectivity index (χ0v) is 16.2. The van der Waals surface area contributed by atoms with Gasteiger partial charge >= 0.3 is 0 Å². The van der Waals surface area contributed by atoms with Crippen LogP contribution in [0.3, 0.4) is 0 Å². The van der Waals surface area contributed by atoms with Crippen molar-refractivity contribution >= 4 is 34.7 Å². The number of carbonyl (C=O) groups is 2. The molecular weight excluding hydrogens is 366 g/mol. The van der Waals surface area contributed by atoms with Crippen LogP contribution in [0.4, 0.5) is 5.82 Å². The summed E-state index contributed by atoms with van der Waals surface area (Å²) in [6.45, 7) is 1.26. The highest BCUT2D eigenvalue weighted by Gasteiger charge is 2.50. The van der Waals surface area contributed by atoms with Gasteiger partial charge in [0.25, 0.3) is 0 Å². The molecule has 3 aliphatic rings. The molecule has 0 atom stereocenters. The second kappa shape index (κ2) is 6.73. The molecule has 0 saturated heterocycles. The summed E-state index contributed by atoms with van der Waals surface area (Å²) in [5, 5.41) is 9.82. The lowest BCUT2D eigenvalue weighted by molar-refractivity contribution is -0.131. The van der Waals surface area contributed by atoms with Crippen LogP contribution in [-0.2, 0) is 9.59 Å². The fourth-order valence-electron chi connectivity index (χ4n) is 4.48. The number of fused-ring (bicyclic) bond motifs is 1. The van der Waals surface area contributed by atoms with Crippen molar-refractivity contribution in [2.75, 3.05) is 18.0 Å².